The van der Waals surface area contributed by atoms with Gasteiger partial charge in [-0.15, -0.1) is 0 Å². The highest BCUT2D eigenvalue weighted by Gasteiger charge is 2.27. The van der Waals surface area contributed by atoms with Crippen LogP contribution in [0.4, 0.5) is 0 Å². The number of hydrogen-bond acceptors (Lipinski definition) is 5. The first-order valence-corrected chi connectivity index (χ1v) is 9.68. The summed E-state index contributed by atoms with van der Waals surface area (Å²) in [7, 11) is 0. The van der Waals surface area contributed by atoms with Crippen molar-refractivity contribution in [1.29, 1.82) is 0 Å². The number of carbonyl (C=O) groups is 2. The van der Waals surface area contributed by atoms with Crippen molar-refractivity contribution in [2.24, 2.45) is 11.8 Å². The molecule has 6 nitrogen and oxygen atoms in total. The minimum atomic E-state index is -0.690. The molecular formula is C22H29N3O3. The molecule has 2 aromatic rings. The molecule has 0 saturated heterocycles. The quantitative estimate of drug-likeness (QED) is 0.658. The second-order valence-corrected chi connectivity index (χ2v) is 7.61. The van der Waals surface area contributed by atoms with Crippen LogP contribution in [0.5, 0.6) is 0 Å². The number of carbonyl (C=O) groups excluding carboxylic acids is 2. The number of aliphatic hydroxyl groups is 1. The van der Waals surface area contributed by atoms with Crippen LogP contribution in [0, 0.1) is 11.8 Å². The van der Waals surface area contributed by atoms with Crippen molar-refractivity contribution < 1.29 is 14.7 Å². The lowest BCUT2D eigenvalue weighted by Gasteiger charge is -2.24. The number of amides is 1. The Bertz CT molecular complexity index is 748. The van der Waals surface area contributed by atoms with Crippen LogP contribution in [-0.2, 0) is 11.2 Å². The molecule has 3 atom stereocenters. The highest BCUT2D eigenvalue weighted by atomic mass is 16.3. The summed E-state index contributed by atoms with van der Waals surface area (Å²) in [5.74, 6) is -0.291. The van der Waals surface area contributed by atoms with Crippen LogP contribution in [0.2, 0.25) is 0 Å². The van der Waals surface area contributed by atoms with Crippen molar-refractivity contribution in [3.63, 3.8) is 0 Å². The van der Waals surface area contributed by atoms with Gasteiger partial charge in [-0.2, -0.15) is 0 Å². The van der Waals surface area contributed by atoms with E-state index in [1.54, 1.807) is 6.92 Å². The van der Waals surface area contributed by atoms with Gasteiger partial charge in [0.05, 0.1) is 18.3 Å². The van der Waals surface area contributed by atoms with E-state index in [-0.39, 0.29) is 23.8 Å². The number of nitrogens with one attached hydrogen (secondary N) is 1. The predicted molar refractivity (Wildman–Crippen MR) is 108 cm³/mol. The molecule has 0 aliphatic carbocycles. The molecule has 0 fully saturated rings. The van der Waals surface area contributed by atoms with Crippen LogP contribution < -0.4 is 5.32 Å². The average molecular weight is 383 g/mol. The molecule has 2 N–H and O–H groups in total. The van der Waals surface area contributed by atoms with Crippen LogP contribution in [-0.4, -0.2) is 38.9 Å². The molecule has 0 bridgehead atoms. The van der Waals surface area contributed by atoms with Gasteiger partial charge in [-0.25, -0.2) is 4.98 Å². The average Bonchev–Trinajstić information content (AvgIpc) is 2.68. The predicted octanol–water partition coefficient (Wildman–Crippen LogP) is 2.82. The minimum Gasteiger partial charge on any atom is -0.393 e. The summed E-state index contributed by atoms with van der Waals surface area (Å²) in [6, 6.07) is 8.87. The molecule has 28 heavy (non-hydrogen) atoms. The smallest absolute Gasteiger partial charge is 0.272 e. The van der Waals surface area contributed by atoms with Gasteiger partial charge in [-0.3, -0.25) is 14.6 Å². The molecule has 0 spiro atoms. The molecule has 0 radical (unpaired) electrons. The molecule has 1 amide bonds. The molecular weight excluding hydrogens is 354 g/mol. The fraction of sp³-hybridized carbons (Fsp3) is 0.455. The van der Waals surface area contributed by atoms with Gasteiger partial charge in [0.25, 0.3) is 5.91 Å². The molecule has 0 aliphatic heterocycles. The monoisotopic (exact) mass is 383 g/mol. The maximum atomic E-state index is 13.0. The van der Waals surface area contributed by atoms with E-state index in [2.05, 4.69) is 29.1 Å². The van der Waals surface area contributed by atoms with E-state index in [4.69, 9.17) is 0 Å². The number of nitrogens with zero attached hydrogens (tertiary/aromatic N) is 2. The number of benzene rings is 1. The van der Waals surface area contributed by atoms with Crippen molar-refractivity contribution in [2.45, 2.75) is 52.2 Å². The van der Waals surface area contributed by atoms with Crippen molar-refractivity contribution >= 4 is 11.7 Å². The fourth-order valence-corrected chi connectivity index (χ4v) is 3.20. The molecule has 1 aromatic heterocycles. The van der Waals surface area contributed by atoms with Crippen LogP contribution in [0.1, 0.15) is 49.7 Å². The molecule has 1 unspecified atom stereocenters. The summed E-state index contributed by atoms with van der Waals surface area (Å²) in [6.07, 6.45) is 5.07. The summed E-state index contributed by atoms with van der Waals surface area (Å²) in [5.41, 5.74) is 1.13. The number of aromatic nitrogens is 2. The Balaban J connectivity index is 2.16. The lowest BCUT2D eigenvalue weighted by Crippen LogP contribution is -2.44. The van der Waals surface area contributed by atoms with Crippen molar-refractivity contribution in [2.75, 3.05) is 0 Å². The van der Waals surface area contributed by atoms with E-state index in [1.165, 1.54) is 18.6 Å². The first kappa shape index (κ1) is 21.7. The summed E-state index contributed by atoms with van der Waals surface area (Å²) in [4.78, 5) is 33.5. The van der Waals surface area contributed by atoms with Gasteiger partial charge in [0.15, 0.2) is 5.78 Å². The number of aliphatic hydroxyl groups excluding tert-OH is 1. The third kappa shape index (κ3) is 6.85. The normalized spacial score (nSPS) is 14.3. The maximum Gasteiger partial charge on any atom is 0.272 e. The zero-order chi connectivity index (χ0) is 20.5. The van der Waals surface area contributed by atoms with Crippen LogP contribution >= 0.6 is 0 Å². The zero-order valence-electron chi connectivity index (χ0n) is 16.7. The number of ketones is 1. The lowest BCUT2D eigenvalue weighted by molar-refractivity contribution is -0.122. The SMILES string of the molecule is CC(C)C[C@H](CC(=O)[C@H](Cc1ccccc1)NC(=O)c1cnccn1)C(C)O. The summed E-state index contributed by atoms with van der Waals surface area (Å²) >= 11 is 0. The summed E-state index contributed by atoms with van der Waals surface area (Å²) in [6.45, 7) is 5.85. The van der Waals surface area contributed by atoms with Crippen LogP contribution in [0.15, 0.2) is 48.9 Å². The topological polar surface area (TPSA) is 92.2 Å². The first-order valence-electron chi connectivity index (χ1n) is 9.68. The van der Waals surface area contributed by atoms with E-state index in [0.717, 1.165) is 12.0 Å². The van der Waals surface area contributed by atoms with Gasteiger partial charge in [0, 0.05) is 18.8 Å². The highest BCUT2D eigenvalue weighted by molar-refractivity contribution is 5.96. The van der Waals surface area contributed by atoms with Gasteiger partial charge < -0.3 is 10.4 Å². The fourth-order valence-electron chi connectivity index (χ4n) is 3.20. The Hall–Kier alpha value is -2.60. The number of hydrogen-bond donors (Lipinski definition) is 2. The molecule has 150 valence electrons. The second kappa shape index (κ2) is 10.7. The Kier molecular flexibility index (Phi) is 8.26. The first-order chi connectivity index (χ1) is 13.4. The van der Waals surface area contributed by atoms with Crippen molar-refractivity contribution in [3.8, 4) is 0 Å². The summed E-state index contributed by atoms with van der Waals surface area (Å²) in [5, 5.41) is 12.9. The Morgan fingerprint density at radius 3 is 2.39 bits per heavy atom. The van der Waals surface area contributed by atoms with E-state index in [0.29, 0.717) is 12.3 Å². The standard InChI is InChI=1S/C22H29N3O3/c1-15(2)11-18(16(3)26)13-21(27)19(12-17-7-5-4-6-8-17)25-22(28)20-14-23-9-10-24-20/h4-10,14-16,18-19,26H,11-13H2,1-3H3,(H,25,28)/t16?,18-,19+/m1/s1. The van der Waals surface area contributed by atoms with Crippen LogP contribution in [0.25, 0.3) is 0 Å². The zero-order valence-corrected chi connectivity index (χ0v) is 16.7. The van der Waals surface area contributed by atoms with Gasteiger partial charge in [0.2, 0.25) is 0 Å². The Morgan fingerprint density at radius 2 is 1.82 bits per heavy atom. The molecule has 0 aliphatic rings. The number of Topliss-reactive ketones (excluding diaryl/α,β-unsaturated/α-hetero) is 1. The highest BCUT2D eigenvalue weighted by Crippen LogP contribution is 2.21. The molecule has 2 rings (SSSR count). The van der Waals surface area contributed by atoms with Gasteiger partial charge >= 0.3 is 0 Å². The van der Waals surface area contributed by atoms with E-state index in [1.807, 2.05) is 30.3 Å². The molecule has 1 heterocycles. The van der Waals surface area contributed by atoms with E-state index >= 15 is 0 Å². The molecule has 1 aromatic carbocycles. The van der Waals surface area contributed by atoms with Gasteiger partial charge in [-0.05, 0) is 37.2 Å². The third-order valence-electron chi connectivity index (χ3n) is 4.69. The largest absolute Gasteiger partial charge is 0.393 e. The lowest BCUT2D eigenvalue weighted by atomic mass is 9.86. The van der Waals surface area contributed by atoms with Crippen molar-refractivity contribution in [3.05, 3.63) is 60.2 Å². The number of rotatable bonds is 10. The van der Waals surface area contributed by atoms with E-state index < -0.39 is 18.1 Å². The summed E-state index contributed by atoms with van der Waals surface area (Å²) < 4.78 is 0. The third-order valence-corrected chi connectivity index (χ3v) is 4.69. The minimum absolute atomic E-state index is 0.0901. The molecule has 0 saturated carbocycles. The molecule has 6 heteroatoms. The van der Waals surface area contributed by atoms with Gasteiger partial charge in [-0.1, -0.05) is 44.2 Å². The van der Waals surface area contributed by atoms with Crippen LogP contribution in [0.3, 0.4) is 0 Å². The Morgan fingerprint density at radius 1 is 1.11 bits per heavy atom. The second-order valence-electron chi connectivity index (χ2n) is 7.61. The maximum absolute atomic E-state index is 13.0. The van der Waals surface area contributed by atoms with Gasteiger partial charge in [0.1, 0.15) is 5.69 Å². The Labute approximate surface area is 166 Å². The van der Waals surface area contributed by atoms with Crippen molar-refractivity contribution in [1.82, 2.24) is 15.3 Å². The van der Waals surface area contributed by atoms with E-state index in [9.17, 15) is 14.7 Å².